The Morgan fingerprint density at radius 3 is 2.48 bits per heavy atom. The van der Waals surface area contributed by atoms with E-state index in [-0.39, 0.29) is 17.0 Å². The number of benzene rings is 1. The summed E-state index contributed by atoms with van der Waals surface area (Å²) < 4.78 is 5.04. The molecule has 1 rings (SSSR count). The van der Waals surface area contributed by atoms with Gasteiger partial charge in [0.2, 0.25) is 5.75 Å². The van der Waals surface area contributed by atoms with Crippen molar-refractivity contribution >= 4 is 11.6 Å². The van der Waals surface area contributed by atoms with Gasteiger partial charge in [-0.15, -0.1) is 0 Å². The van der Waals surface area contributed by atoms with Crippen molar-refractivity contribution in [3.63, 3.8) is 0 Å². The minimum atomic E-state index is -0.578. The highest BCUT2D eigenvalue weighted by molar-refractivity contribution is 5.98. The van der Waals surface area contributed by atoms with Crippen LogP contribution >= 0.6 is 0 Å². The maximum atomic E-state index is 12.4. The zero-order valence-electron chi connectivity index (χ0n) is 12.5. The van der Waals surface area contributed by atoms with Crippen molar-refractivity contribution in [1.82, 2.24) is 5.32 Å². The maximum Gasteiger partial charge on any atom is 0.311 e. The Hall–Kier alpha value is -2.15. The van der Waals surface area contributed by atoms with Gasteiger partial charge >= 0.3 is 5.69 Å². The van der Waals surface area contributed by atoms with Gasteiger partial charge < -0.3 is 15.8 Å². The van der Waals surface area contributed by atoms with Gasteiger partial charge in [0.25, 0.3) is 5.91 Å². The third kappa shape index (κ3) is 3.49. The van der Waals surface area contributed by atoms with E-state index in [2.05, 4.69) is 5.32 Å². The van der Waals surface area contributed by atoms with Crippen LogP contribution in [-0.4, -0.2) is 30.0 Å². The lowest BCUT2D eigenvalue weighted by Gasteiger charge is -2.31. The van der Waals surface area contributed by atoms with Gasteiger partial charge in [-0.1, -0.05) is 19.9 Å². The number of nitro groups is 1. The zero-order valence-corrected chi connectivity index (χ0v) is 12.5. The molecule has 0 unspecified atom stereocenters. The number of nitrogens with two attached hydrogens (primary N) is 1. The first kappa shape index (κ1) is 16.9. The second-order valence-corrected chi connectivity index (χ2v) is 4.76. The van der Waals surface area contributed by atoms with Gasteiger partial charge in [0.15, 0.2) is 0 Å². The summed E-state index contributed by atoms with van der Waals surface area (Å²) in [5.41, 5.74) is 5.12. The van der Waals surface area contributed by atoms with Crippen LogP contribution in [-0.2, 0) is 0 Å². The van der Waals surface area contributed by atoms with Crippen LogP contribution in [0.4, 0.5) is 5.69 Å². The molecule has 116 valence electrons. The Morgan fingerprint density at radius 2 is 2.05 bits per heavy atom. The standard InChI is InChI=1S/C14H21N3O4/c1-4-14(5-2,9-15)16-13(18)10-7-6-8-11(17(19)20)12(10)21-3/h6-8H,4-5,9,15H2,1-3H3,(H,16,18). The van der Waals surface area contributed by atoms with E-state index in [0.717, 1.165) is 0 Å². The van der Waals surface area contributed by atoms with Crippen molar-refractivity contribution in [2.45, 2.75) is 32.2 Å². The number of ether oxygens (including phenoxy) is 1. The zero-order chi connectivity index (χ0) is 16.0. The fourth-order valence-electron chi connectivity index (χ4n) is 2.14. The molecule has 0 aromatic heterocycles. The van der Waals surface area contributed by atoms with E-state index < -0.39 is 16.4 Å². The number of nitrogens with one attached hydrogen (secondary N) is 1. The average Bonchev–Trinajstić information content (AvgIpc) is 2.51. The van der Waals surface area contributed by atoms with Crippen molar-refractivity contribution in [2.75, 3.05) is 13.7 Å². The molecule has 0 aliphatic heterocycles. The van der Waals surface area contributed by atoms with Crippen LogP contribution in [0.2, 0.25) is 0 Å². The molecule has 0 saturated carbocycles. The first-order valence-electron chi connectivity index (χ1n) is 6.78. The van der Waals surface area contributed by atoms with E-state index >= 15 is 0 Å². The molecular formula is C14H21N3O4. The highest BCUT2D eigenvalue weighted by atomic mass is 16.6. The first-order valence-corrected chi connectivity index (χ1v) is 6.78. The van der Waals surface area contributed by atoms with Crippen LogP contribution in [0.3, 0.4) is 0 Å². The van der Waals surface area contributed by atoms with Crippen molar-refractivity contribution in [3.05, 3.63) is 33.9 Å². The number of amides is 1. The van der Waals surface area contributed by atoms with Gasteiger partial charge in [0, 0.05) is 12.6 Å². The maximum absolute atomic E-state index is 12.4. The molecule has 0 aliphatic rings. The molecular weight excluding hydrogens is 274 g/mol. The normalized spacial score (nSPS) is 11.0. The smallest absolute Gasteiger partial charge is 0.311 e. The van der Waals surface area contributed by atoms with Gasteiger partial charge in [-0.2, -0.15) is 0 Å². The highest BCUT2D eigenvalue weighted by Gasteiger charge is 2.29. The quantitative estimate of drug-likeness (QED) is 0.589. The van der Waals surface area contributed by atoms with Gasteiger partial charge in [-0.25, -0.2) is 0 Å². The van der Waals surface area contributed by atoms with Gasteiger partial charge in [0.1, 0.15) is 0 Å². The van der Waals surface area contributed by atoms with Crippen molar-refractivity contribution in [1.29, 1.82) is 0 Å². The Balaban J connectivity index is 3.19. The number of hydrogen-bond donors (Lipinski definition) is 2. The number of carbonyl (C=O) groups excluding carboxylic acids is 1. The van der Waals surface area contributed by atoms with E-state index in [0.29, 0.717) is 19.4 Å². The first-order chi connectivity index (χ1) is 9.94. The summed E-state index contributed by atoms with van der Waals surface area (Å²) in [5.74, 6) is -0.470. The van der Waals surface area contributed by atoms with Crippen molar-refractivity contribution in [3.8, 4) is 5.75 Å². The third-order valence-electron chi connectivity index (χ3n) is 3.76. The third-order valence-corrected chi connectivity index (χ3v) is 3.76. The number of nitrogens with zero attached hydrogens (tertiary/aromatic N) is 1. The number of rotatable bonds is 7. The highest BCUT2D eigenvalue weighted by Crippen LogP contribution is 2.31. The SMILES string of the molecule is CCC(CC)(CN)NC(=O)c1cccc([N+](=O)[O-])c1OC. The number of nitro benzene ring substituents is 1. The van der Waals surface area contributed by atoms with Crippen LogP contribution in [0.15, 0.2) is 18.2 Å². The van der Waals surface area contributed by atoms with Crippen LogP contribution in [0, 0.1) is 10.1 Å². The lowest BCUT2D eigenvalue weighted by atomic mass is 9.92. The van der Waals surface area contributed by atoms with Crippen LogP contribution in [0.25, 0.3) is 0 Å². The van der Waals surface area contributed by atoms with Gasteiger partial charge in [0.05, 0.1) is 23.1 Å². The molecule has 0 fully saturated rings. The second kappa shape index (κ2) is 7.03. The second-order valence-electron chi connectivity index (χ2n) is 4.76. The largest absolute Gasteiger partial charge is 0.490 e. The summed E-state index contributed by atoms with van der Waals surface area (Å²) in [5, 5.41) is 13.9. The molecule has 0 heterocycles. The lowest BCUT2D eigenvalue weighted by Crippen LogP contribution is -2.52. The van der Waals surface area contributed by atoms with E-state index in [1.807, 2.05) is 13.8 Å². The summed E-state index contributed by atoms with van der Waals surface area (Å²) in [6.45, 7) is 4.16. The Morgan fingerprint density at radius 1 is 1.43 bits per heavy atom. The fourth-order valence-corrected chi connectivity index (χ4v) is 2.14. The molecule has 21 heavy (non-hydrogen) atoms. The molecule has 7 heteroatoms. The molecule has 0 aliphatic carbocycles. The molecule has 7 nitrogen and oxygen atoms in total. The Labute approximate surface area is 123 Å². The molecule has 0 bridgehead atoms. The number of hydrogen-bond acceptors (Lipinski definition) is 5. The molecule has 0 radical (unpaired) electrons. The fraction of sp³-hybridized carbons (Fsp3) is 0.500. The number of para-hydroxylation sites is 1. The Kier molecular flexibility index (Phi) is 5.66. The number of carbonyl (C=O) groups is 1. The molecule has 0 saturated heterocycles. The van der Waals surface area contributed by atoms with Crippen LogP contribution in [0.5, 0.6) is 5.75 Å². The van der Waals surface area contributed by atoms with E-state index in [1.54, 1.807) is 0 Å². The number of methoxy groups -OCH3 is 1. The monoisotopic (exact) mass is 295 g/mol. The van der Waals surface area contributed by atoms with E-state index in [9.17, 15) is 14.9 Å². The topological polar surface area (TPSA) is 107 Å². The summed E-state index contributed by atoms with van der Waals surface area (Å²) in [6.07, 6.45) is 1.34. The van der Waals surface area contributed by atoms with Crippen molar-refractivity contribution in [2.24, 2.45) is 5.73 Å². The average molecular weight is 295 g/mol. The molecule has 0 atom stereocenters. The summed E-state index contributed by atoms with van der Waals surface area (Å²) in [7, 11) is 1.30. The Bertz CT molecular complexity index is 519. The van der Waals surface area contributed by atoms with Crippen LogP contribution in [0.1, 0.15) is 37.0 Å². The van der Waals surface area contributed by atoms with Crippen molar-refractivity contribution < 1.29 is 14.5 Å². The summed E-state index contributed by atoms with van der Waals surface area (Å²) in [6, 6.07) is 4.25. The molecule has 1 amide bonds. The van der Waals surface area contributed by atoms with E-state index in [4.69, 9.17) is 10.5 Å². The molecule has 0 spiro atoms. The van der Waals surface area contributed by atoms with E-state index in [1.165, 1.54) is 25.3 Å². The minimum absolute atomic E-state index is 0.0434. The summed E-state index contributed by atoms with van der Waals surface area (Å²) >= 11 is 0. The lowest BCUT2D eigenvalue weighted by molar-refractivity contribution is -0.385. The predicted octanol–water partition coefficient (Wildman–Crippen LogP) is 1.85. The summed E-state index contributed by atoms with van der Waals surface area (Å²) in [4.78, 5) is 22.8. The van der Waals surface area contributed by atoms with Crippen LogP contribution < -0.4 is 15.8 Å². The van der Waals surface area contributed by atoms with Gasteiger partial charge in [-0.3, -0.25) is 14.9 Å². The molecule has 1 aromatic rings. The molecule has 3 N–H and O–H groups in total. The predicted molar refractivity (Wildman–Crippen MR) is 79.5 cm³/mol. The molecule has 1 aromatic carbocycles. The van der Waals surface area contributed by atoms with Gasteiger partial charge in [-0.05, 0) is 18.9 Å². The minimum Gasteiger partial charge on any atom is -0.490 e.